The first kappa shape index (κ1) is 15.1. The number of carbonyl (C=O) groups excluding carboxylic acids is 1. The fraction of sp³-hybridized carbons (Fsp3) is 0.417. The number of anilines is 1. The maximum absolute atomic E-state index is 11.9. The van der Waals surface area contributed by atoms with E-state index in [-0.39, 0.29) is 17.8 Å². The van der Waals surface area contributed by atoms with Crippen molar-refractivity contribution in [3.63, 3.8) is 0 Å². The van der Waals surface area contributed by atoms with Gasteiger partial charge < -0.3 is 15.2 Å². The van der Waals surface area contributed by atoms with Crippen LogP contribution in [-0.2, 0) is 4.79 Å². The lowest BCUT2D eigenvalue weighted by Crippen LogP contribution is -2.23. The normalized spacial score (nSPS) is 12.0. The molecule has 0 aliphatic heterocycles. The summed E-state index contributed by atoms with van der Waals surface area (Å²) in [6.45, 7) is 1.84. The van der Waals surface area contributed by atoms with Crippen LogP contribution in [0.2, 0.25) is 5.02 Å². The maximum atomic E-state index is 11.9. The lowest BCUT2D eigenvalue weighted by Gasteiger charge is -2.14. The number of thioether (sulfide) groups is 1. The summed E-state index contributed by atoms with van der Waals surface area (Å²) >= 11 is 7.26. The van der Waals surface area contributed by atoms with Crippen LogP contribution in [0.1, 0.15) is 6.92 Å². The number of aliphatic hydroxyl groups is 1. The molecule has 0 aromatic heterocycles. The van der Waals surface area contributed by atoms with Gasteiger partial charge >= 0.3 is 0 Å². The minimum Gasteiger partial charge on any atom is -0.495 e. The SMILES string of the molecule is COc1ccc(Cl)cc1NC(=O)[C@H](C)SCCO. The average molecular weight is 290 g/mol. The molecule has 0 radical (unpaired) electrons. The molecular formula is C12H16ClNO3S. The second-order valence-electron chi connectivity index (χ2n) is 3.57. The second kappa shape index (κ2) is 7.51. The van der Waals surface area contributed by atoms with Crippen molar-refractivity contribution in [1.82, 2.24) is 0 Å². The van der Waals surface area contributed by atoms with Crippen molar-refractivity contribution in [2.75, 3.05) is 24.8 Å². The number of nitrogens with one attached hydrogen (secondary N) is 1. The molecule has 0 aliphatic rings. The van der Waals surface area contributed by atoms with Crippen molar-refractivity contribution >= 4 is 35.0 Å². The molecule has 1 rings (SSSR count). The smallest absolute Gasteiger partial charge is 0.237 e. The molecule has 1 aromatic carbocycles. The van der Waals surface area contributed by atoms with Gasteiger partial charge in [-0.3, -0.25) is 4.79 Å². The summed E-state index contributed by atoms with van der Waals surface area (Å²) < 4.78 is 5.14. The lowest BCUT2D eigenvalue weighted by molar-refractivity contribution is -0.115. The van der Waals surface area contributed by atoms with Crippen LogP contribution in [0.25, 0.3) is 0 Å². The molecule has 1 atom stereocenters. The highest BCUT2D eigenvalue weighted by Gasteiger charge is 2.15. The second-order valence-corrected chi connectivity index (χ2v) is 5.46. The number of hydrogen-bond acceptors (Lipinski definition) is 4. The molecule has 0 unspecified atom stereocenters. The molecule has 18 heavy (non-hydrogen) atoms. The Morgan fingerprint density at radius 1 is 1.61 bits per heavy atom. The third kappa shape index (κ3) is 4.40. The molecule has 0 saturated heterocycles. The Hall–Kier alpha value is -0.910. The van der Waals surface area contributed by atoms with Gasteiger partial charge in [-0.2, -0.15) is 0 Å². The molecular weight excluding hydrogens is 274 g/mol. The Morgan fingerprint density at radius 2 is 2.33 bits per heavy atom. The number of aliphatic hydroxyl groups excluding tert-OH is 1. The lowest BCUT2D eigenvalue weighted by atomic mass is 10.3. The minimum atomic E-state index is -0.249. The summed E-state index contributed by atoms with van der Waals surface area (Å²) in [7, 11) is 1.53. The summed E-state index contributed by atoms with van der Waals surface area (Å²) in [6, 6.07) is 5.03. The van der Waals surface area contributed by atoms with Crippen molar-refractivity contribution in [2.24, 2.45) is 0 Å². The van der Waals surface area contributed by atoms with E-state index in [1.165, 1.54) is 18.9 Å². The molecule has 6 heteroatoms. The number of rotatable bonds is 6. The molecule has 4 nitrogen and oxygen atoms in total. The summed E-state index contributed by atoms with van der Waals surface area (Å²) in [5.74, 6) is 0.947. The zero-order valence-corrected chi connectivity index (χ0v) is 11.8. The Bertz CT molecular complexity index is 414. The first-order chi connectivity index (χ1) is 8.58. The molecule has 0 saturated carbocycles. The topological polar surface area (TPSA) is 58.6 Å². The van der Waals surface area contributed by atoms with Crippen LogP contribution >= 0.6 is 23.4 Å². The molecule has 1 amide bonds. The van der Waals surface area contributed by atoms with Crippen LogP contribution in [-0.4, -0.2) is 35.7 Å². The van der Waals surface area contributed by atoms with Gasteiger partial charge in [-0.05, 0) is 25.1 Å². The van der Waals surface area contributed by atoms with E-state index >= 15 is 0 Å². The number of methoxy groups -OCH3 is 1. The predicted molar refractivity (Wildman–Crippen MR) is 75.6 cm³/mol. The minimum absolute atomic E-state index is 0.0583. The summed E-state index contributed by atoms with van der Waals surface area (Å²) in [5, 5.41) is 11.8. The molecule has 100 valence electrons. The molecule has 0 bridgehead atoms. The van der Waals surface area contributed by atoms with Gasteiger partial charge in [0, 0.05) is 10.8 Å². The molecule has 0 fully saturated rings. The number of ether oxygens (including phenoxy) is 1. The van der Waals surface area contributed by atoms with Gasteiger partial charge in [-0.25, -0.2) is 0 Å². The van der Waals surface area contributed by atoms with Crippen molar-refractivity contribution in [3.05, 3.63) is 23.2 Å². The van der Waals surface area contributed by atoms with E-state index in [1.807, 2.05) is 0 Å². The standard InChI is InChI=1S/C12H16ClNO3S/c1-8(18-6-5-15)12(16)14-10-7-9(13)3-4-11(10)17-2/h3-4,7-8,15H,5-6H2,1-2H3,(H,14,16)/t8-/m0/s1. The number of hydrogen-bond donors (Lipinski definition) is 2. The van der Waals surface area contributed by atoms with Gasteiger partial charge in [0.1, 0.15) is 5.75 Å². The Morgan fingerprint density at radius 3 is 2.94 bits per heavy atom. The van der Waals surface area contributed by atoms with Crippen molar-refractivity contribution in [3.8, 4) is 5.75 Å². The first-order valence-electron chi connectivity index (χ1n) is 5.45. The van der Waals surface area contributed by atoms with Gasteiger partial charge in [0.2, 0.25) is 5.91 Å². The van der Waals surface area contributed by atoms with Crippen LogP contribution < -0.4 is 10.1 Å². The molecule has 1 aromatic rings. The van der Waals surface area contributed by atoms with Crippen molar-refractivity contribution in [2.45, 2.75) is 12.2 Å². The summed E-state index contributed by atoms with van der Waals surface area (Å²) in [4.78, 5) is 11.9. The monoisotopic (exact) mass is 289 g/mol. The fourth-order valence-corrected chi connectivity index (χ4v) is 2.16. The van der Waals surface area contributed by atoms with E-state index in [9.17, 15) is 4.79 Å². The number of benzene rings is 1. The fourth-order valence-electron chi connectivity index (χ4n) is 1.32. The molecule has 0 spiro atoms. The van der Waals surface area contributed by atoms with E-state index in [0.717, 1.165) is 0 Å². The molecule has 0 heterocycles. The van der Waals surface area contributed by atoms with Crippen molar-refractivity contribution in [1.29, 1.82) is 0 Å². The number of amides is 1. The van der Waals surface area contributed by atoms with E-state index in [0.29, 0.717) is 22.2 Å². The quantitative estimate of drug-likeness (QED) is 0.844. The van der Waals surface area contributed by atoms with Gasteiger partial charge in [0.15, 0.2) is 0 Å². The van der Waals surface area contributed by atoms with E-state index in [4.69, 9.17) is 21.4 Å². The van der Waals surface area contributed by atoms with Crippen LogP contribution in [0.3, 0.4) is 0 Å². The van der Waals surface area contributed by atoms with Crippen molar-refractivity contribution < 1.29 is 14.6 Å². The van der Waals surface area contributed by atoms with Crippen LogP contribution in [0.15, 0.2) is 18.2 Å². The van der Waals surface area contributed by atoms with Gasteiger partial charge in [0.25, 0.3) is 0 Å². The average Bonchev–Trinajstić information content (AvgIpc) is 2.36. The predicted octanol–water partition coefficient (Wildman–Crippen LogP) is 2.40. The number of carbonyl (C=O) groups is 1. The summed E-state index contributed by atoms with van der Waals surface area (Å²) in [5.41, 5.74) is 0.548. The first-order valence-corrected chi connectivity index (χ1v) is 6.88. The number of halogens is 1. The largest absolute Gasteiger partial charge is 0.495 e. The Labute approximate surface area is 116 Å². The Kier molecular flexibility index (Phi) is 6.32. The van der Waals surface area contributed by atoms with Gasteiger partial charge in [0.05, 0.1) is 24.7 Å². The third-order valence-electron chi connectivity index (χ3n) is 2.25. The van der Waals surface area contributed by atoms with Gasteiger partial charge in [-0.15, -0.1) is 11.8 Å². The summed E-state index contributed by atoms with van der Waals surface area (Å²) in [6.07, 6.45) is 0. The highest BCUT2D eigenvalue weighted by Crippen LogP contribution is 2.28. The van der Waals surface area contributed by atoms with Gasteiger partial charge in [-0.1, -0.05) is 11.6 Å². The molecule has 2 N–H and O–H groups in total. The maximum Gasteiger partial charge on any atom is 0.237 e. The van der Waals surface area contributed by atoms with E-state index in [1.54, 1.807) is 25.1 Å². The Balaban J connectivity index is 2.71. The highest BCUT2D eigenvalue weighted by molar-refractivity contribution is 8.00. The highest BCUT2D eigenvalue weighted by atomic mass is 35.5. The zero-order valence-electron chi connectivity index (χ0n) is 10.3. The zero-order chi connectivity index (χ0) is 13.5. The third-order valence-corrected chi connectivity index (χ3v) is 3.62. The van der Waals surface area contributed by atoms with E-state index in [2.05, 4.69) is 5.32 Å². The van der Waals surface area contributed by atoms with E-state index < -0.39 is 0 Å². The van der Waals surface area contributed by atoms with Crippen LogP contribution in [0, 0.1) is 0 Å². The van der Waals surface area contributed by atoms with Crippen LogP contribution in [0.5, 0.6) is 5.75 Å². The molecule has 0 aliphatic carbocycles. The van der Waals surface area contributed by atoms with Crippen LogP contribution in [0.4, 0.5) is 5.69 Å².